The minimum Gasteiger partial charge on any atom is -0.489 e. The fourth-order valence-corrected chi connectivity index (χ4v) is 5.70. The van der Waals surface area contributed by atoms with E-state index in [9.17, 15) is 23.9 Å². The van der Waals surface area contributed by atoms with Crippen LogP contribution in [0.4, 0.5) is 14.9 Å². The summed E-state index contributed by atoms with van der Waals surface area (Å²) in [5.41, 5.74) is 7.45. The standard InChI is InChI=1S/C35H36FN5O6/c1-18-11-22-12-21(13-26(29(22)38-19(18)2)40-33(44)39-24-15-46-16-24)27(42)9-10-35(4,45)28-14-25-31(47-17-34(25,3)32(37)43)30(41-28)20-5-7-23(36)8-6-20/h5-8,11-14,24,45H,9-10,15-17H2,1-4H3,(H2,37,43)(H2,39,40,44)/t34-,35-/m0/s1. The quantitative estimate of drug-likeness (QED) is 0.193. The van der Waals surface area contributed by atoms with Gasteiger partial charge in [0.05, 0.1) is 36.2 Å². The number of hydrogen-bond donors (Lipinski definition) is 4. The molecule has 0 bridgehead atoms. The lowest BCUT2D eigenvalue weighted by Gasteiger charge is -2.27. The second kappa shape index (κ2) is 12.0. The molecule has 1 fully saturated rings. The lowest BCUT2D eigenvalue weighted by molar-refractivity contribution is -0.123. The summed E-state index contributed by atoms with van der Waals surface area (Å²) in [6.07, 6.45) is -0.0984. The van der Waals surface area contributed by atoms with Crippen LogP contribution >= 0.6 is 0 Å². The number of urea groups is 1. The van der Waals surface area contributed by atoms with E-state index >= 15 is 0 Å². The third kappa shape index (κ3) is 6.13. The molecule has 2 aromatic carbocycles. The maximum absolute atomic E-state index is 13.8. The number of nitrogens with one attached hydrogen (secondary N) is 2. The number of fused-ring (bicyclic) bond motifs is 2. The number of benzene rings is 2. The van der Waals surface area contributed by atoms with E-state index < -0.39 is 28.8 Å². The maximum Gasteiger partial charge on any atom is 0.319 e. The zero-order valence-corrected chi connectivity index (χ0v) is 26.6. The lowest BCUT2D eigenvalue weighted by Crippen LogP contribution is -2.50. The number of pyridine rings is 2. The summed E-state index contributed by atoms with van der Waals surface area (Å²) >= 11 is 0. The number of aliphatic hydroxyl groups is 1. The van der Waals surface area contributed by atoms with Gasteiger partial charge in [0.25, 0.3) is 0 Å². The van der Waals surface area contributed by atoms with Gasteiger partial charge in [0.1, 0.15) is 34.9 Å². The summed E-state index contributed by atoms with van der Waals surface area (Å²) in [5.74, 6) is -0.982. The van der Waals surface area contributed by atoms with Crippen molar-refractivity contribution in [3.63, 3.8) is 0 Å². The molecule has 0 saturated carbocycles. The number of hydrogen-bond acceptors (Lipinski definition) is 8. The number of aryl methyl sites for hydroxylation is 2. The zero-order chi connectivity index (χ0) is 33.7. The minimum absolute atomic E-state index is 0.0176. The van der Waals surface area contributed by atoms with E-state index in [-0.39, 0.29) is 37.0 Å². The second-order valence-electron chi connectivity index (χ2n) is 12.7. The van der Waals surface area contributed by atoms with Crippen molar-refractivity contribution in [1.82, 2.24) is 15.3 Å². The van der Waals surface area contributed by atoms with Crippen LogP contribution in [0.1, 0.15) is 59.6 Å². The largest absolute Gasteiger partial charge is 0.489 e. The van der Waals surface area contributed by atoms with Crippen LogP contribution in [0.15, 0.2) is 48.5 Å². The smallest absolute Gasteiger partial charge is 0.319 e. The first-order valence-corrected chi connectivity index (χ1v) is 15.3. The van der Waals surface area contributed by atoms with Gasteiger partial charge in [0.15, 0.2) is 5.78 Å². The van der Waals surface area contributed by atoms with Crippen molar-refractivity contribution in [3.05, 3.63) is 82.4 Å². The van der Waals surface area contributed by atoms with E-state index in [1.165, 1.54) is 24.3 Å². The zero-order valence-electron chi connectivity index (χ0n) is 26.6. The number of nitrogens with two attached hydrogens (primary N) is 1. The first-order chi connectivity index (χ1) is 22.2. The molecule has 0 radical (unpaired) electrons. The van der Waals surface area contributed by atoms with Crippen LogP contribution < -0.4 is 21.1 Å². The van der Waals surface area contributed by atoms with Gasteiger partial charge in [-0.15, -0.1) is 0 Å². The Morgan fingerprint density at radius 1 is 1.11 bits per heavy atom. The van der Waals surface area contributed by atoms with E-state index in [0.717, 1.165) is 11.3 Å². The van der Waals surface area contributed by atoms with Crippen LogP contribution in [0.25, 0.3) is 22.2 Å². The molecule has 0 aliphatic carbocycles. The van der Waals surface area contributed by atoms with Gasteiger partial charge in [-0.05, 0) is 88.2 Å². The maximum atomic E-state index is 13.8. The van der Waals surface area contributed by atoms with Gasteiger partial charge < -0.3 is 30.9 Å². The highest BCUT2D eigenvalue weighted by atomic mass is 19.1. The van der Waals surface area contributed by atoms with Crippen molar-refractivity contribution in [2.45, 2.75) is 57.6 Å². The first kappa shape index (κ1) is 32.0. The summed E-state index contributed by atoms with van der Waals surface area (Å²) < 4.78 is 24.8. The van der Waals surface area contributed by atoms with E-state index in [1.807, 2.05) is 19.9 Å². The fourth-order valence-electron chi connectivity index (χ4n) is 5.70. The molecule has 3 amide bonds. The molecule has 4 aromatic rings. The summed E-state index contributed by atoms with van der Waals surface area (Å²) in [4.78, 5) is 48.3. The molecule has 0 unspecified atom stereocenters. The van der Waals surface area contributed by atoms with E-state index in [1.54, 1.807) is 32.0 Å². The number of halogens is 1. The Morgan fingerprint density at radius 3 is 2.49 bits per heavy atom. The van der Waals surface area contributed by atoms with Gasteiger partial charge in [-0.1, -0.05) is 0 Å². The van der Waals surface area contributed by atoms with Gasteiger partial charge in [-0.3, -0.25) is 14.6 Å². The molecule has 0 spiro atoms. The van der Waals surface area contributed by atoms with E-state index in [4.69, 9.17) is 20.2 Å². The Morgan fingerprint density at radius 2 is 1.83 bits per heavy atom. The Balaban J connectivity index is 1.31. The molecule has 4 heterocycles. The van der Waals surface area contributed by atoms with Crippen LogP contribution in [0, 0.1) is 19.7 Å². The molecule has 2 aliphatic heterocycles. The minimum atomic E-state index is -1.63. The first-order valence-electron chi connectivity index (χ1n) is 15.3. The van der Waals surface area contributed by atoms with Gasteiger partial charge >= 0.3 is 6.03 Å². The normalized spacial score (nSPS) is 18.5. The number of amides is 3. The van der Waals surface area contributed by atoms with Crippen molar-refractivity contribution in [2.24, 2.45) is 5.73 Å². The number of ether oxygens (including phenoxy) is 2. The van der Waals surface area contributed by atoms with Gasteiger partial charge in [0, 0.05) is 34.2 Å². The third-order valence-electron chi connectivity index (χ3n) is 9.03. The van der Waals surface area contributed by atoms with Crippen LogP contribution in [0.3, 0.4) is 0 Å². The Labute approximate surface area is 270 Å². The van der Waals surface area contributed by atoms with Crippen molar-refractivity contribution in [3.8, 4) is 17.0 Å². The predicted molar refractivity (Wildman–Crippen MR) is 173 cm³/mol. The summed E-state index contributed by atoms with van der Waals surface area (Å²) in [7, 11) is 0. The predicted octanol–water partition coefficient (Wildman–Crippen LogP) is 4.58. The molecule has 244 valence electrons. The topological polar surface area (TPSA) is 166 Å². The van der Waals surface area contributed by atoms with Gasteiger partial charge in [-0.25, -0.2) is 14.2 Å². The molecule has 5 N–H and O–H groups in total. The highest BCUT2D eigenvalue weighted by Crippen LogP contribution is 2.46. The number of carbonyl (C=O) groups excluding carboxylic acids is 3. The lowest BCUT2D eigenvalue weighted by atomic mass is 9.81. The molecular weight excluding hydrogens is 605 g/mol. The highest BCUT2D eigenvalue weighted by Gasteiger charge is 2.45. The number of carbonyl (C=O) groups is 3. The van der Waals surface area contributed by atoms with E-state index in [0.29, 0.717) is 57.9 Å². The number of aromatic nitrogens is 2. The molecule has 2 atom stereocenters. The molecule has 11 nitrogen and oxygen atoms in total. The monoisotopic (exact) mass is 641 g/mol. The van der Waals surface area contributed by atoms with Crippen LogP contribution in [0.5, 0.6) is 5.75 Å². The summed E-state index contributed by atoms with van der Waals surface area (Å²) in [6, 6.07) is 11.9. The Kier molecular flexibility index (Phi) is 8.18. The Hall–Kier alpha value is -4.94. The molecule has 2 aromatic heterocycles. The molecule has 2 aliphatic rings. The number of nitrogens with zero attached hydrogens (tertiary/aromatic N) is 2. The molecule has 6 rings (SSSR count). The average Bonchev–Trinajstić information content (AvgIpc) is 3.36. The third-order valence-corrected chi connectivity index (χ3v) is 9.03. The Bertz CT molecular complexity index is 1920. The number of primary amides is 1. The number of anilines is 1. The van der Waals surface area contributed by atoms with Gasteiger partial charge in [-0.2, -0.15) is 0 Å². The summed E-state index contributed by atoms with van der Waals surface area (Å²) in [5, 5.41) is 18.1. The molecule has 47 heavy (non-hydrogen) atoms. The van der Waals surface area contributed by atoms with Crippen molar-refractivity contribution in [1.29, 1.82) is 0 Å². The number of ketones is 1. The molecular formula is C35H36FN5O6. The number of Topliss-reactive ketones (excluding diaryl/α,β-unsaturated/α-hetero) is 1. The summed E-state index contributed by atoms with van der Waals surface area (Å²) in [6.45, 7) is 7.83. The second-order valence-corrected chi connectivity index (χ2v) is 12.7. The van der Waals surface area contributed by atoms with Crippen molar-refractivity contribution >= 4 is 34.3 Å². The van der Waals surface area contributed by atoms with Crippen molar-refractivity contribution < 1.29 is 33.4 Å². The van der Waals surface area contributed by atoms with Crippen LogP contribution in [0.2, 0.25) is 0 Å². The van der Waals surface area contributed by atoms with Crippen LogP contribution in [-0.2, 0) is 20.5 Å². The SMILES string of the molecule is Cc1cc2cc(C(=O)CC[C@](C)(O)c3cc4c(c(-c5ccc(F)cc5)n3)OC[C@]4(C)C(N)=O)cc(NC(=O)NC3COC3)c2nc1C. The van der Waals surface area contributed by atoms with E-state index in [2.05, 4.69) is 15.6 Å². The van der Waals surface area contributed by atoms with Gasteiger partial charge in [0.2, 0.25) is 5.91 Å². The molecule has 12 heteroatoms. The van der Waals surface area contributed by atoms with Crippen LogP contribution in [-0.4, -0.2) is 58.7 Å². The highest BCUT2D eigenvalue weighted by molar-refractivity contribution is 6.06. The number of rotatable bonds is 9. The van der Waals surface area contributed by atoms with Crippen molar-refractivity contribution in [2.75, 3.05) is 25.1 Å². The fraction of sp³-hybridized carbons (Fsp3) is 0.343. The molecule has 1 saturated heterocycles. The average molecular weight is 642 g/mol.